The van der Waals surface area contributed by atoms with E-state index < -0.39 is 0 Å². The van der Waals surface area contributed by atoms with Crippen LogP contribution in [0.3, 0.4) is 0 Å². The minimum Gasteiger partial charge on any atom is -0.372 e. The zero-order valence-electron chi connectivity index (χ0n) is 13.8. The van der Waals surface area contributed by atoms with Crippen molar-refractivity contribution < 1.29 is 4.79 Å². The monoisotopic (exact) mass is 321 g/mol. The SMILES string of the molecule is O=C(Cc1ccccc1)N/N=C/c1ccc(N2CCCCC2)cc1. The maximum Gasteiger partial charge on any atom is 0.244 e. The number of hydrogen-bond acceptors (Lipinski definition) is 3. The maximum absolute atomic E-state index is 11.8. The van der Waals surface area contributed by atoms with Crippen molar-refractivity contribution in [3.63, 3.8) is 0 Å². The number of hydrazone groups is 1. The minimum absolute atomic E-state index is 0.109. The van der Waals surface area contributed by atoms with Crippen LogP contribution in [0.15, 0.2) is 59.7 Å². The number of carbonyl (C=O) groups is 1. The zero-order valence-corrected chi connectivity index (χ0v) is 13.8. The molecule has 0 unspecified atom stereocenters. The van der Waals surface area contributed by atoms with E-state index in [0.29, 0.717) is 6.42 Å². The first kappa shape index (κ1) is 16.2. The van der Waals surface area contributed by atoms with Gasteiger partial charge in [-0.15, -0.1) is 0 Å². The Balaban J connectivity index is 1.50. The molecule has 1 aliphatic rings. The van der Waals surface area contributed by atoms with E-state index in [9.17, 15) is 4.79 Å². The summed E-state index contributed by atoms with van der Waals surface area (Å²) in [4.78, 5) is 14.3. The standard InChI is InChI=1S/C20H23N3O/c24-20(15-17-7-3-1-4-8-17)22-21-16-18-9-11-19(12-10-18)23-13-5-2-6-14-23/h1,3-4,7-12,16H,2,5-6,13-15H2,(H,22,24)/b21-16+. The summed E-state index contributed by atoms with van der Waals surface area (Å²) in [5.74, 6) is -0.109. The molecule has 1 heterocycles. The summed E-state index contributed by atoms with van der Waals surface area (Å²) in [6.07, 6.45) is 5.91. The fourth-order valence-corrected chi connectivity index (χ4v) is 2.92. The second-order valence-electron chi connectivity index (χ2n) is 6.09. The zero-order chi connectivity index (χ0) is 16.6. The second kappa shape index (κ2) is 8.29. The highest BCUT2D eigenvalue weighted by Crippen LogP contribution is 2.19. The molecule has 3 rings (SSSR count). The van der Waals surface area contributed by atoms with Crippen LogP contribution in [-0.4, -0.2) is 25.2 Å². The molecule has 0 bridgehead atoms. The Bertz CT molecular complexity index is 674. The molecular formula is C20H23N3O. The third-order valence-corrected chi connectivity index (χ3v) is 4.22. The van der Waals surface area contributed by atoms with Gasteiger partial charge in [0.15, 0.2) is 0 Å². The number of rotatable bonds is 5. The summed E-state index contributed by atoms with van der Waals surface area (Å²) in [5.41, 5.74) is 5.81. The lowest BCUT2D eigenvalue weighted by atomic mass is 10.1. The molecule has 1 fully saturated rings. The summed E-state index contributed by atoms with van der Waals surface area (Å²) < 4.78 is 0. The van der Waals surface area contributed by atoms with E-state index >= 15 is 0 Å². The average Bonchev–Trinajstić information content (AvgIpc) is 2.64. The van der Waals surface area contributed by atoms with Crippen molar-refractivity contribution in [2.75, 3.05) is 18.0 Å². The van der Waals surface area contributed by atoms with Gasteiger partial charge in [-0.25, -0.2) is 5.43 Å². The highest BCUT2D eigenvalue weighted by atomic mass is 16.2. The highest BCUT2D eigenvalue weighted by Gasteiger charge is 2.10. The molecule has 0 atom stereocenters. The molecule has 2 aromatic rings. The van der Waals surface area contributed by atoms with Crippen LogP contribution >= 0.6 is 0 Å². The molecule has 4 nitrogen and oxygen atoms in total. The van der Waals surface area contributed by atoms with Gasteiger partial charge in [0.05, 0.1) is 12.6 Å². The first-order chi connectivity index (χ1) is 11.8. The summed E-state index contributed by atoms with van der Waals surface area (Å²) in [7, 11) is 0. The van der Waals surface area contributed by atoms with Gasteiger partial charge in [-0.05, 0) is 42.5 Å². The predicted molar refractivity (Wildman–Crippen MR) is 98.4 cm³/mol. The fourth-order valence-electron chi connectivity index (χ4n) is 2.92. The van der Waals surface area contributed by atoms with Gasteiger partial charge in [-0.3, -0.25) is 4.79 Å². The molecule has 1 aliphatic heterocycles. The molecule has 1 amide bonds. The van der Waals surface area contributed by atoms with Gasteiger partial charge in [0.25, 0.3) is 0 Å². The lowest BCUT2D eigenvalue weighted by Gasteiger charge is -2.28. The molecule has 0 aromatic heterocycles. The molecular weight excluding hydrogens is 298 g/mol. The number of carbonyl (C=O) groups excluding carboxylic acids is 1. The number of piperidine rings is 1. The van der Waals surface area contributed by atoms with Gasteiger partial charge in [-0.2, -0.15) is 5.10 Å². The first-order valence-corrected chi connectivity index (χ1v) is 8.52. The van der Waals surface area contributed by atoms with Crippen LogP contribution in [-0.2, 0) is 11.2 Å². The number of nitrogens with zero attached hydrogens (tertiary/aromatic N) is 2. The van der Waals surface area contributed by atoms with Crippen molar-refractivity contribution in [3.8, 4) is 0 Å². The Morgan fingerprint density at radius 1 is 1.00 bits per heavy atom. The molecule has 0 radical (unpaired) electrons. The number of anilines is 1. The molecule has 0 spiro atoms. The lowest BCUT2D eigenvalue weighted by Crippen LogP contribution is -2.29. The summed E-state index contributed by atoms with van der Waals surface area (Å²) >= 11 is 0. The minimum atomic E-state index is -0.109. The normalized spacial score (nSPS) is 14.8. The lowest BCUT2D eigenvalue weighted by molar-refractivity contribution is -0.120. The predicted octanol–water partition coefficient (Wildman–Crippen LogP) is 3.37. The molecule has 1 N–H and O–H groups in total. The van der Waals surface area contributed by atoms with Gasteiger partial charge in [-0.1, -0.05) is 42.5 Å². The van der Waals surface area contributed by atoms with Crippen LogP contribution in [0, 0.1) is 0 Å². The maximum atomic E-state index is 11.8. The van der Waals surface area contributed by atoms with E-state index in [-0.39, 0.29) is 5.91 Å². The molecule has 1 saturated heterocycles. The van der Waals surface area contributed by atoms with E-state index in [1.165, 1.54) is 24.9 Å². The third-order valence-electron chi connectivity index (χ3n) is 4.22. The van der Waals surface area contributed by atoms with E-state index in [0.717, 1.165) is 24.2 Å². The van der Waals surface area contributed by atoms with E-state index in [4.69, 9.17) is 0 Å². The fraction of sp³-hybridized carbons (Fsp3) is 0.300. The smallest absolute Gasteiger partial charge is 0.244 e. The van der Waals surface area contributed by atoms with Gasteiger partial charge in [0, 0.05) is 18.8 Å². The van der Waals surface area contributed by atoms with Gasteiger partial charge < -0.3 is 4.90 Å². The van der Waals surface area contributed by atoms with Crippen molar-refractivity contribution in [2.45, 2.75) is 25.7 Å². The Labute approximate surface area is 143 Å². The third kappa shape index (κ3) is 4.69. The summed E-state index contributed by atoms with van der Waals surface area (Å²) in [6.45, 7) is 2.28. The molecule has 0 saturated carbocycles. The van der Waals surface area contributed by atoms with Crippen LogP contribution in [0.1, 0.15) is 30.4 Å². The van der Waals surface area contributed by atoms with Crippen molar-refractivity contribution in [3.05, 3.63) is 65.7 Å². The quantitative estimate of drug-likeness (QED) is 0.678. The average molecular weight is 321 g/mol. The molecule has 4 heteroatoms. The number of hydrogen-bond donors (Lipinski definition) is 1. The Kier molecular flexibility index (Phi) is 5.61. The van der Waals surface area contributed by atoms with E-state index in [1.807, 2.05) is 42.5 Å². The van der Waals surface area contributed by atoms with Gasteiger partial charge >= 0.3 is 0 Å². The van der Waals surface area contributed by atoms with Crippen molar-refractivity contribution in [1.29, 1.82) is 0 Å². The number of amides is 1. The van der Waals surface area contributed by atoms with Crippen LogP contribution in [0.4, 0.5) is 5.69 Å². The van der Waals surface area contributed by atoms with Gasteiger partial charge in [0.1, 0.15) is 0 Å². The summed E-state index contributed by atoms with van der Waals surface area (Å²) in [5, 5.41) is 4.04. The molecule has 2 aromatic carbocycles. The van der Waals surface area contributed by atoms with Crippen molar-refractivity contribution >= 4 is 17.8 Å². The topological polar surface area (TPSA) is 44.7 Å². The van der Waals surface area contributed by atoms with Crippen LogP contribution in [0.25, 0.3) is 0 Å². The largest absolute Gasteiger partial charge is 0.372 e. The second-order valence-corrected chi connectivity index (χ2v) is 6.09. The number of benzene rings is 2. The van der Waals surface area contributed by atoms with E-state index in [2.05, 4.69) is 27.6 Å². The Morgan fingerprint density at radius 2 is 1.71 bits per heavy atom. The van der Waals surface area contributed by atoms with Crippen LogP contribution in [0.5, 0.6) is 0 Å². The van der Waals surface area contributed by atoms with Crippen LogP contribution in [0.2, 0.25) is 0 Å². The van der Waals surface area contributed by atoms with E-state index in [1.54, 1.807) is 6.21 Å². The molecule has 0 aliphatic carbocycles. The summed E-state index contributed by atoms with van der Waals surface area (Å²) in [6, 6.07) is 18.0. The van der Waals surface area contributed by atoms with Crippen molar-refractivity contribution in [1.82, 2.24) is 5.43 Å². The van der Waals surface area contributed by atoms with Crippen molar-refractivity contribution in [2.24, 2.45) is 5.10 Å². The highest BCUT2D eigenvalue weighted by molar-refractivity contribution is 5.83. The Morgan fingerprint density at radius 3 is 2.42 bits per heavy atom. The van der Waals surface area contributed by atoms with Crippen LogP contribution < -0.4 is 10.3 Å². The first-order valence-electron chi connectivity index (χ1n) is 8.52. The number of nitrogens with one attached hydrogen (secondary N) is 1. The molecule has 124 valence electrons. The molecule has 24 heavy (non-hydrogen) atoms. The Hall–Kier alpha value is -2.62. The van der Waals surface area contributed by atoms with Gasteiger partial charge in [0.2, 0.25) is 5.91 Å².